The Morgan fingerprint density at radius 2 is 2.50 bits per heavy atom. The summed E-state index contributed by atoms with van der Waals surface area (Å²) >= 11 is 3.43. The summed E-state index contributed by atoms with van der Waals surface area (Å²) in [5, 5.41) is 0. The third kappa shape index (κ3) is 1.37. The quantitative estimate of drug-likeness (QED) is 0.554. The molecule has 8 heavy (non-hydrogen) atoms. The van der Waals surface area contributed by atoms with E-state index in [4.69, 9.17) is 5.73 Å². The molecule has 2 N–H and O–H groups in total. The van der Waals surface area contributed by atoms with Gasteiger partial charge in [-0.2, -0.15) is 0 Å². The van der Waals surface area contributed by atoms with Gasteiger partial charge in [0.15, 0.2) is 0 Å². The Morgan fingerprint density at radius 1 is 1.75 bits per heavy atom. The summed E-state index contributed by atoms with van der Waals surface area (Å²) in [5.74, 6) is 0. The van der Waals surface area contributed by atoms with E-state index in [-0.39, 0.29) is 0 Å². The average Bonchev–Trinajstić information content (AvgIpc) is 1.77. The summed E-state index contributed by atoms with van der Waals surface area (Å²) in [6.07, 6.45) is 7.00. The largest absolute Gasteiger partial charge is 0.399 e. The van der Waals surface area contributed by atoms with Crippen molar-refractivity contribution in [2.24, 2.45) is 5.73 Å². The fraction of sp³-hybridized carbons (Fsp3) is 0.333. The maximum absolute atomic E-state index is 5.45. The number of hydrogen-bond donors (Lipinski definition) is 1. The van der Waals surface area contributed by atoms with Gasteiger partial charge < -0.3 is 5.73 Å². The maximum Gasteiger partial charge on any atom is 0.0364 e. The SMILES string of the molecule is NC1=CCC(Br)C=C1. The van der Waals surface area contributed by atoms with Gasteiger partial charge in [-0.1, -0.05) is 28.1 Å². The van der Waals surface area contributed by atoms with Gasteiger partial charge in [0.2, 0.25) is 0 Å². The zero-order valence-electron chi connectivity index (χ0n) is 4.47. The first-order valence-electron chi connectivity index (χ1n) is 2.57. The number of halogens is 1. The molecule has 1 aliphatic rings. The van der Waals surface area contributed by atoms with Crippen LogP contribution in [-0.4, -0.2) is 4.83 Å². The lowest BCUT2D eigenvalue weighted by Gasteiger charge is -2.05. The van der Waals surface area contributed by atoms with Crippen LogP contribution in [0.25, 0.3) is 0 Å². The molecule has 0 saturated heterocycles. The van der Waals surface area contributed by atoms with Crippen LogP contribution in [0.1, 0.15) is 6.42 Å². The molecule has 1 unspecified atom stereocenters. The minimum absolute atomic E-state index is 0.495. The van der Waals surface area contributed by atoms with Crippen molar-refractivity contribution >= 4 is 15.9 Å². The molecule has 1 nitrogen and oxygen atoms in total. The Morgan fingerprint density at radius 3 is 2.88 bits per heavy atom. The topological polar surface area (TPSA) is 26.0 Å². The van der Waals surface area contributed by atoms with Gasteiger partial charge in [0.05, 0.1) is 0 Å². The molecule has 1 rings (SSSR count). The summed E-state index contributed by atoms with van der Waals surface area (Å²) in [6.45, 7) is 0. The first-order valence-corrected chi connectivity index (χ1v) is 3.48. The van der Waals surface area contributed by atoms with Crippen molar-refractivity contribution in [3.8, 4) is 0 Å². The fourth-order valence-electron chi connectivity index (χ4n) is 0.611. The average molecular weight is 174 g/mol. The van der Waals surface area contributed by atoms with Crippen molar-refractivity contribution in [1.29, 1.82) is 0 Å². The van der Waals surface area contributed by atoms with Crippen LogP contribution in [0.2, 0.25) is 0 Å². The minimum atomic E-state index is 0.495. The van der Waals surface area contributed by atoms with E-state index in [9.17, 15) is 0 Å². The molecule has 0 bridgehead atoms. The molecule has 0 aromatic rings. The molecule has 0 heterocycles. The first-order chi connectivity index (χ1) is 3.79. The molecule has 0 amide bonds. The Kier molecular flexibility index (Phi) is 1.73. The predicted octanol–water partition coefficient (Wildman–Crippen LogP) is 1.55. The van der Waals surface area contributed by atoms with Gasteiger partial charge in [-0.15, -0.1) is 0 Å². The lowest BCUT2D eigenvalue weighted by Crippen LogP contribution is -2.02. The summed E-state index contributed by atoms with van der Waals surface area (Å²) in [5.41, 5.74) is 6.33. The third-order valence-corrected chi connectivity index (χ3v) is 1.76. The second-order valence-electron chi connectivity index (χ2n) is 1.81. The van der Waals surface area contributed by atoms with E-state index >= 15 is 0 Å². The van der Waals surface area contributed by atoms with Crippen molar-refractivity contribution in [2.75, 3.05) is 0 Å². The second kappa shape index (κ2) is 2.35. The molecule has 0 spiro atoms. The van der Waals surface area contributed by atoms with E-state index in [2.05, 4.69) is 22.0 Å². The normalized spacial score (nSPS) is 27.6. The predicted molar refractivity (Wildman–Crippen MR) is 38.7 cm³/mol. The van der Waals surface area contributed by atoms with Gasteiger partial charge in [-0.25, -0.2) is 0 Å². The van der Waals surface area contributed by atoms with E-state index in [1.165, 1.54) is 0 Å². The van der Waals surface area contributed by atoms with Gasteiger partial charge >= 0.3 is 0 Å². The monoisotopic (exact) mass is 173 g/mol. The highest BCUT2D eigenvalue weighted by Crippen LogP contribution is 2.13. The fourth-order valence-corrected chi connectivity index (χ4v) is 0.950. The number of allylic oxidation sites excluding steroid dienone is 3. The van der Waals surface area contributed by atoms with E-state index in [1.54, 1.807) is 0 Å². The number of alkyl halides is 1. The second-order valence-corrected chi connectivity index (χ2v) is 2.99. The lowest BCUT2D eigenvalue weighted by molar-refractivity contribution is 1.04. The van der Waals surface area contributed by atoms with Crippen LogP contribution in [0.4, 0.5) is 0 Å². The van der Waals surface area contributed by atoms with Crippen LogP contribution in [0.3, 0.4) is 0 Å². The smallest absolute Gasteiger partial charge is 0.0364 e. The van der Waals surface area contributed by atoms with Crippen LogP contribution in [-0.2, 0) is 0 Å². The molecule has 1 aliphatic carbocycles. The van der Waals surface area contributed by atoms with Crippen molar-refractivity contribution in [2.45, 2.75) is 11.2 Å². The zero-order chi connectivity index (χ0) is 5.98. The number of rotatable bonds is 0. The van der Waals surface area contributed by atoms with Crippen LogP contribution < -0.4 is 5.73 Å². The van der Waals surface area contributed by atoms with Crippen LogP contribution in [0.15, 0.2) is 23.9 Å². The van der Waals surface area contributed by atoms with Crippen LogP contribution in [0.5, 0.6) is 0 Å². The van der Waals surface area contributed by atoms with Crippen molar-refractivity contribution in [1.82, 2.24) is 0 Å². The van der Waals surface area contributed by atoms with Gasteiger partial charge in [-0.05, 0) is 12.5 Å². The van der Waals surface area contributed by atoms with Gasteiger partial charge in [-0.3, -0.25) is 0 Å². The van der Waals surface area contributed by atoms with Crippen molar-refractivity contribution < 1.29 is 0 Å². The van der Waals surface area contributed by atoms with Gasteiger partial charge in [0.25, 0.3) is 0 Å². The third-order valence-electron chi connectivity index (χ3n) is 1.08. The highest BCUT2D eigenvalue weighted by atomic mass is 79.9. The van der Waals surface area contributed by atoms with Gasteiger partial charge in [0, 0.05) is 10.5 Å². The Hall–Kier alpha value is -0.240. The van der Waals surface area contributed by atoms with Crippen LogP contribution in [0, 0.1) is 0 Å². The molecule has 2 heteroatoms. The van der Waals surface area contributed by atoms with Crippen LogP contribution >= 0.6 is 15.9 Å². The molecular weight excluding hydrogens is 166 g/mol. The van der Waals surface area contributed by atoms with E-state index in [1.807, 2.05) is 12.2 Å². The van der Waals surface area contributed by atoms with Crippen molar-refractivity contribution in [3.05, 3.63) is 23.9 Å². The summed E-state index contributed by atoms with van der Waals surface area (Å²) in [4.78, 5) is 0.495. The van der Waals surface area contributed by atoms with Crippen molar-refractivity contribution in [3.63, 3.8) is 0 Å². The minimum Gasteiger partial charge on any atom is -0.399 e. The van der Waals surface area contributed by atoms with Gasteiger partial charge in [0.1, 0.15) is 0 Å². The Bertz CT molecular complexity index is 137. The molecule has 0 aromatic heterocycles. The zero-order valence-corrected chi connectivity index (χ0v) is 6.06. The molecule has 0 saturated carbocycles. The first kappa shape index (κ1) is 5.89. The Labute approximate surface area is 57.4 Å². The molecule has 0 fully saturated rings. The summed E-state index contributed by atoms with van der Waals surface area (Å²) in [6, 6.07) is 0. The highest BCUT2D eigenvalue weighted by molar-refractivity contribution is 9.09. The standard InChI is InChI=1S/C6H8BrN/c7-5-1-3-6(8)4-2-5/h1,3-5H,2,8H2. The highest BCUT2D eigenvalue weighted by Gasteiger charge is 2.00. The summed E-state index contributed by atoms with van der Waals surface area (Å²) in [7, 11) is 0. The maximum atomic E-state index is 5.45. The van der Waals surface area contributed by atoms with E-state index < -0.39 is 0 Å². The molecular formula is C6H8BrN. The number of nitrogens with two attached hydrogens (primary N) is 1. The molecule has 1 atom stereocenters. The van der Waals surface area contributed by atoms with E-state index in [0.717, 1.165) is 12.1 Å². The lowest BCUT2D eigenvalue weighted by atomic mass is 10.2. The number of hydrogen-bond acceptors (Lipinski definition) is 1. The molecule has 0 radical (unpaired) electrons. The van der Waals surface area contributed by atoms with E-state index in [0.29, 0.717) is 4.83 Å². The molecule has 0 aliphatic heterocycles. The summed E-state index contributed by atoms with van der Waals surface area (Å²) < 4.78 is 0. The Balaban J connectivity index is 2.58. The molecule has 0 aromatic carbocycles. The molecule has 44 valence electrons.